The maximum atomic E-state index is 10.8. The van der Waals surface area contributed by atoms with Crippen LogP contribution in [0.5, 0.6) is 0 Å². The fraction of sp³-hybridized carbons (Fsp3) is 0.909. The number of carbonyl (C=O) groups is 1. The fourth-order valence-electron chi connectivity index (χ4n) is 2.72. The number of hydrogen-bond donors (Lipinski definition) is 1. The molecule has 1 saturated carbocycles. The molecule has 2 fully saturated rings. The Morgan fingerprint density at radius 3 is 2.50 bits per heavy atom. The predicted molar refractivity (Wildman–Crippen MR) is 54.1 cm³/mol. The molecule has 3 heteroatoms. The van der Waals surface area contributed by atoms with E-state index in [9.17, 15) is 4.79 Å². The van der Waals surface area contributed by atoms with Crippen molar-refractivity contribution in [1.82, 2.24) is 4.90 Å². The number of rotatable bonds is 4. The quantitative estimate of drug-likeness (QED) is 0.744. The number of carboxylic acids is 1. The van der Waals surface area contributed by atoms with Crippen LogP contribution in [0.1, 0.15) is 32.6 Å². The molecule has 1 unspecified atom stereocenters. The molecule has 0 aromatic carbocycles. The van der Waals surface area contributed by atoms with E-state index in [0.29, 0.717) is 5.41 Å². The molecule has 14 heavy (non-hydrogen) atoms. The van der Waals surface area contributed by atoms with Gasteiger partial charge in [0.2, 0.25) is 0 Å². The molecule has 0 amide bonds. The minimum atomic E-state index is -0.637. The van der Waals surface area contributed by atoms with Gasteiger partial charge in [-0.2, -0.15) is 0 Å². The van der Waals surface area contributed by atoms with Crippen LogP contribution in [0.3, 0.4) is 0 Å². The molecular weight excluding hydrogens is 178 g/mol. The van der Waals surface area contributed by atoms with Crippen molar-refractivity contribution in [3.8, 4) is 0 Å². The smallest absolute Gasteiger partial charge is 0.307 e. The van der Waals surface area contributed by atoms with Gasteiger partial charge in [0.15, 0.2) is 0 Å². The van der Waals surface area contributed by atoms with Crippen LogP contribution in [0.25, 0.3) is 0 Å². The maximum absolute atomic E-state index is 10.8. The molecule has 2 aliphatic rings. The molecular formula is C11H19NO2. The molecule has 3 nitrogen and oxygen atoms in total. The van der Waals surface area contributed by atoms with Gasteiger partial charge in [-0.1, -0.05) is 13.3 Å². The lowest BCUT2D eigenvalue weighted by molar-refractivity contribution is -0.145. The minimum absolute atomic E-state index is 0.160. The molecule has 1 saturated heterocycles. The first kappa shape index (κ1) is 9.97. The van der Waals surface area contributed by atoms with Crippen molar-refractivity contribution in [2.45, 2.75) is 32.6 Å². The van der Waals surface area contributed by atoms with E-state index in [1.807, 2.05) is 6.92 Å². The largest absolute Gasteiger partial charge is 0.481 e. The van der Waals surface area contributed by atoms with E-state index >= 15 is 0 Å². The summed E-state index contributed by atoms with van der Waals surface area (Å²) >= 11 is 0. The van der Waals surface area contributed by atoms with Crippen LogP contribution in [0.15, 0.2) is 0 Å². The molecule has 0 aromatic rings. The van der Waals surface area contributed by atoms with Crippen LogP contribution in [0.4, 0.5) is 0 Å². The highest BCUT2D eigenvalue weighted by molar-refractivity contribution is 5.70. The summed E-state index contributed by atoms with van der Waals surface area (Å²) in [6.07, 6.45) is 4.86. The Kier molecular flexibility index (Phi) is 2.52. The lowest BCUT2D eigenvalue weighted by atomic mass is 9.63. The van der Waals surface area contributed by atoms with E-state index in [1.165, 1.54) is 19.3 Å². The van der Waals surface area contributed by atoms with Crippen molar-refractivity contribution in [2.24, 2.45) is 11.3 Å². The highest BCUT2D eigenvalue weighted by atomic mass is 16.4. The van der Waals surface area contributed by atoms with Crippen molar-refractivity contribution in [3.05, 3.63) is 0 Å². The summed E-state index contributed by atoms with van der Waals surface area (Å²) in [5, 5.41) is 8.92. The molecule has 1 heterocycles. The second-order valence-corrected chi connectivity index (χ2v) is 4.97. The van der Waals surface area contributed by atoms with E-state index in [2.05, 4.69) is 4.90 Å². The van der Waals surface area contributed by atoms with E-state index in [-0.39, 0.29) is 5.92 Å². The average Bonchev–Trinajstić information content (AvgIpc) is 1.98. The Hall–Kier alpha value is -0.570. The van der Waals surface area contributed by atoms with Crippen LogP contribution in [0.2, 0.25) is 0 Å². The van der Waals surface area contributed by atoms with Crippen LogP contribution >= 0.6 is 0 Å². The first-order chi connectivity index (χ1) is 6.65. The normalized spacial score (nSPS) is 26.6. The zero-order valence-corrected chi connectivity index (χ0v) is 8.83. The van der Waals surface area contributed by atoms with Gasteiger partial charge >= 0.3 is 5.97 Å². The highest BCUT2D eigenvalue weighted by Crippen LogP contribution is 2.48. The lowest BCUT2D eigenvalue weighted by Gasteiger charge is -2.56. The third-order valence-corrected chi connectivity index (χ3v) is 3.85. The zero-order chi connectivity index (χ0) is 10.2. The first-order valence-electron chi connectivity index (χ1n) is 5.60. The van der Waals surface area contributed by atoms with Gasteiger partial charge in [-0.05, 0) is 24.7 Å². The average molecular weight is 197 g/mol. The minimum Gasteiger partial charge on any atom is -0.481 e. The Bertz CT molecular complexity index is 227. The van der Waals surface area contributed by atoms with Crippen molar-refractivity contribution in [2.75, 3.05) is 19.6 Å². The SMILES string of the molecule is CCC(CN1CC2(CCC2)C1)C(=O)O. The standard InChI is InChI=1S/C11H19NO2/c1-2-9(10(13)14)6-12-7-11(8-12)4-3-5-11/h9H,2-8H2,1H3,(H,13,14). The summed E-state index contributed by atoms with van der Waals surface area (Å²) in [6.45, 7) is 5.01. The summed E-state index contributed by atoms with van der Waals surface area (Å²) in [5.74, 6) is -0.797. The molecule has 1 aliphatic heterocycles. The summed E-state index contributed by atoms with van der Waals surface area (Å²) < 4.78 is 0. The number of nitrogens with zero attached hydrogens (tertiary/aromatic N) is 1. The van der Waals surface area contributed by atoms with Crippen molar-refractivity contribution in [1.29, 1.82) is 0 Å². The first-order valence-corrected chi connectivity index (χ1v) is 5.60. The maximum Gasteiger partial charge on any atom is 0.307 e. The molecule has 2 rings (SSSR count). The third kappa shape index (κ3) is 1.65. The van der Waals surface area contributed by atoms with Crippen molar-refractivity contribution >= 4 is 5.97 Å². The Labute approximate surface area is 85.1 Å². The molecule has 0 aromatic heterocycles. The molecule has 1 aliphatic carbocycles. The third-order valence-electron chi connectivity index (χ3n) is 3.85. The van der Waals surface area contributed by atoms with Gasteiger partial charge in [-0.25, -0.2) is 0 Å². The summed E-state index contributed by atoms with van der Waals surface area (Å²) in [4.78, 5) is 13.1. The van der Waals surface area contributed by atoms with E-state index in [4.69, 9.17) is 5.11 Å². The second kappa shape index (κ2) is 3.54. The molecule has 0 radical (unpaired) electrons. The topological polar surface area (TPSA) is 40.5 Å². The van der Waals surface area contributed by atoms with Crippen LogP contribution in [0, 0.1) is 11.3 Å². The molecule has 80 valence electrons. The lowest BCUT2D eigenvalue weighted by Crippen LogP contribution is -2.60. The number of hydrogen-bond acceptors (Lipinski definition) is 2. The summed E-state index contributed by atoms with van der Waals surface area (Å²) in [6, 6.07) is 0. The van der Waals surface area contributed by atoms with Gasteiger partial charge in [0.25, 0.3) is 0 Å². The molecule has 1 spiro atoms. The van der Waals surface area contributed by atoms with Gasteiger partial charge in [0, 0.05) is 19.6 Å². The number of aliphatic carboxylic acids is 1. The van der Waals surface area contributed by atoms with E-state index < -0.39 is 5.97 Å². The summed E-state index contributed by atoms with van der Waals surface area (Å²) in [5.41, 5.74) is 0.622. The van der Waals surface area contributed by atoms with Gasteiger partial charge in [0.1, 0.15) is 0 Å². The van der Waals surface area contributed by atoms with Gasteiger partial charge in [0.05, 0.1) is 5.92 Å². The van der Waals surface area contributed by atoms with Gasteiger partial charge in [-0.3, -0.25) is 4.79 Å². The van der Waals surface area contributed by atoms with Crippen LogP contribution < -0.4 is 0 Å². The van der Waals surface area contributed by atoms with E-state index in [0.717, 1.165) is 26.1 Å². The van der Waals surface area contributed by atoms with Crippen LogP contribution in [-0.2, 0) is 4.79 Å². The monoisotopic (exact) mass is 197 g/mol. The highest BCUT2D eigenvalue weighted by Gasteiger charge is 2.47. The Morgan fingerprint density at radius 1 is 1.50 bits per heavy atom. The Balaban J connectivity index is 1.74. The van der Waals surface area contributed by atoms with E-state index in [1.54, 1.807) is 0 Å². The van der Waals surface area contributed by atoms with Crippen molar-refractivity contribution in [3.63, 3.8) is 0 Å². The number of likely N-dealkylation sites (tertiary alicyclic amines) is 1. The molecule has 1 atom stereocenters. The fourth-order valence-corrected chi connectivity index (χ4v) is 2.72. The second-order valence-electron chi connectivity index (χ2n) is 4.97. The van der Waals surface area contributed by atoms with Crippen molar-refractivity contribution < 1.29 is 9.90 Å². The molecule has 0 bridgehead atoms. The number of carboxylic acid groups (broad SMARTS) is 1. The predicted octanol–water partition coefficient (Wildman–Crippen LogP) is 1.58. The Morgan fingerprint density at radius 2 is 2.14 bits per heavy atom. The summed E-state index contributed by atoms with van der Waals surface area (Å²) in [7, 11) is 0. The zero-order valence-electron chi connectivity index (χ0n) is 8.83. The van der Waals surface area contributed by atoms with Gasteiger partial charge < -0.3 is 10.0 Å². The molecule has 1 N–H and O–H groups in total. The van der Waals surface area contributed by atoms with Gasteiger partial charge in [-0.15, -0.1) is 0 Å². The van der Waals surface area contributed by atoms with Crippen LogP contribution in [-0.4, -0.2) is 35.6 Å².